The van der Waals surface area contributed by atoms with E-state index in [0.29, 0.717) is 13.0 Å². The summed E-state index contributed by atoms with van der Waals surface area (Å²) in [6, 6.07) is 0. The van der Waals surface area contributed by atoms with E-state index < -0.39 is 59.8 Å². The Morgan fingerprint density at radius 1 is 0.576 bits per heavy atom. The van der Waals surface area contributed by atoms with Crippen LogP contribution >= 0.6 is 0 Å². The Morgan fingerprint density at radius 2 is 1.00 bits per heavy atom. The van der Waals surface area contributed by atoms with E-state index in [-0.39, 0.29) is 19.6 Å². The second-order valence-corrected chi connectivity index (χ2v) is 17.7. The molecule has 0 aromatic rings. The number of aliphatic hydroxyl groups excluding tert-OH is 3. The molecule has 6 unspecified atom stereocenters. The predicted octanol–water partition coefficient (Wildman–Crippen LogP) is 11.4. The van der Waals surface area contributed by atoms with Gasteiger partial charge in [-0.25, -0.2) is 4.18 Å². The monoisotopic (exact) mass is 949 g/mol. The Bertz CT molecular complexity index is 1520. The maximum absolute atomic E-state index is 12.9. The van der Waals surface area contributed by atoms with Gasteiger partial charge in [0.15, 0.2) is 6.29 Å². The van der Waals surface area contributed by atoms with Crippen LogP contribution in [0.2, 0.25) is 0 Å². The third-order valence-electron chi connectivity index (χ3n) is 10.7. The molecule has 1 fully saturated rings. The van der Waals surface area contributed by atoms with Crippen LogP contribution in [-0.2, 0) is 38.3 Å². The number of unbranched alkanes of at least 4 members (excludes halogenated alkanes) is 13. The first-order valence-electron chi connectivity index (χ1n) is 25.0. The van der Waals surface area contributed by atoms with Crippen molar-refractivity contribution in [3.63, 3.8) is 0 Å². The van der Waals surface area contributed by atoms with Gasteiger partial charge in [-0.3, -0.25) is 9.35 Å². The van der Waals surface area contributed by atoms with Crippen LogP contribution in [0.1, 0.15) is 168 Å². The van der Waals surface area contributed by atoms with Gasteiger partial charge < -0.3 is 34.3 Å². The predicted molar refractivity (Wildman–Crippen MR) is 266 cm³/mol. The van der Waals surface area contributed by atoms with E-state index in [1.54, 1.807) is 0 Å². The lowest BCUT2D eigenvalue weighted by atomic mass is 9.99. The highest BCUT2D eigenvalue weighted by Crippen LogP contribution is 2.26. The minimum Gasteiger partial charge on any atom is -0.457 e. The van der Waals surface area contributed by atoms with Gasteiger partial charge in [-0.05, 0) is 83.5 Å². The van der Waals surface area contributed by atoms with E-state index in [1.165, 1.54) is 51.4 Å². The quantitative estimate of drug-likeness (QED) is 0.0197. The maximum Gasteiger partial charge on any atom is 0.397 e. The van der Waals surface area contributed by atoms with E-state index in [9.17, 15) is 33.1 Å². The average molecular weight is 949 g/mol. The third-order valence-corrected chi connectivity index (χ3v) is 11.2. The summed E-state index contributed by atoms with van der Waals surface area (Å²) in [7, 11) is -5.08. The Morgan fingerprint density at radius 3 is 1.45 bits per heavy atom. The average Bonchev–Trinajstić information content (AvgIpc) is 3.29. The van der Waals surface area contributed by atoms with Crippen molar-refractivity contribution in [3.05, 3.63) is 97.2 Å². The standard InChI is InChI=1S/C53H88O12S/c1-3-5-7-9-11-13-15-17-19-20-21-22-23-24-25-26-27-28-29-30-32-34-36-38-40-42-49(55)63-47(45-61-43-41-39-37-35-33-31-18-16-14-12-10-8-6-4-2)46-62-53-51(57)52(65-66(58,59)60)50(56)48(44-54)64-53/h5-8,11-14,17-19,21-22,31,35,37,47-48,50-54,56-57H,3-4,9-10,15-16,20,23-30,32-34,36,38-46H2,1-2H3,(H,58,59,60)/b7-5-,8-6-,13-11-,14-12-,19-17-,22-21-,31-18-,37-35-. The van der Waals surface area contributed by atoms with Crippen molar-refractivity contribution < 1.29 is 56.2 Å². The van der Waals surface area contributed by atoms with Gasteiger partial charge in [-0.15, -0.1) is 0 Å². The molecule has 0 aliphatic carbocycles. The molecule has 378 valence electrons. The molecule has 1 aliphatic heterocycles. The van der Waals surface area contributed by atoms with E-state index >= 15 is 0 Å². The van der Waals surface area contributed by atoms with Gasteiger partial charge in [0.2, 0.25) is 0 Å². The van der Waals surface area contributed by atoms with Crippen molar-refractivity contribution in [1.29, 1.82) is 0 Å². The topological polar surface area (TPSA) is 178 Å². The molecule has 66 heavy (non-hydrogen) atoms. The van der Waals surface area contributed by atoms with Crippen LogP contribution in [0.4, 0.5) is 0 Å². The van der Waals surface area contributed by atoms with Crippen molar-refractivity contribution in [3.8, 4) is 0 Å². The van der Waals surface area contributed by atoms with Gasteiger partial charge >= 0.3 is 16.4 Å². The molecule has 0 spiro atoms. The van der Waals surface area contributed by atoms with Gasteiger partial charge in [-0.1, -0.05) is 175 Å². The van der Waals surface area contributed by atoms with Crippen molar-refractivity contribution >= 4 is 16.4 Å². The van der Waals surface area contributed by atoms with Gasteiger partial charge in [-0.2, -0.15) is 8.42 Å². The number of esters is 1. The number of carbonyl (C=O) groups is 1. The molecule has 0 amide bonds. The van der Waals surface area contributed by atoms with E-state index in [1.807, 2.05) is 0 Å². The van der Waals surface area contributed by atoms with Gasteiger partial charge in [0.25, 0.3) is 0 Å². The van der Waals surface area contributed by atoms with Crippen LogP contribution in [0.5, 0.6) is 0 Å². The number of rotatable bonds is 42. The molecular formula is C53H88O12S. The molecule has 4 N–H and O–H groups in total. The van der Waals surface area contributed by atoms with E-state index in [4.69, 9.17) is 18.9 Å². The fraction of sp³-hybridized carbons (Fsp3) is 0.679. The molecule has 1 saturated heterocycles. The van der Waals surface area contributed by atoms with Gasteiger partial charge in [0, 0.05) is 13.0 Å². The lowest BCUT2D eigenvalue weighted by molar-refractivity contribution is -0.301. The summed E-state index contributed by atoms with van der Waals surface area (Å²) in [6.45, 7) is 3.60. The van der Waals surface area contributed by atoms with Crippen LogP contribution in [0.15, 0.2) is 97.2 Å². The molecule has 1 heterocycles. The summed E-state index contributed by atoms with van der Waals surface area (Å²) in [5, 5.41) is 30.7. The summed E-state index contributed by atoms with van der Waals surface area (Å²) in [5.41, 5.74) is 0. The molecule has 6 atom stereocenters. The Balaban J connectivity index is 2.36. The van der Waals surface area contributed by atoms with Crippen LogP contribution in [0, 0.1) is 0 Å². The summed E-state index contributed by atoms with van der Waals surface area (Å²) >= 11 is 0. The molecule has 1 aliphatic rings. The molecule has 0 bridgehead atoms. The first-order chi connectivity index (χ1) is 32.1. The summed E-state index contributed by atoms with van der Waals surface area (Å²) in [5.74, 6) is -0.424. The zero-order valence-electron chi connectivity index (χ0n) is 40.5. The van der Waals surface area contributed by atoms with Crippen molar-refractivity contribution in [2.45, 2.75) is 205 Å². The van der Waals surface area contributed by atoms with Crippen LogP contribution in [0.3, 0.4) is 0 Å². The number of ether oxygens (including phenoxy) is 4. The first kappa shape index (κ1) is 61.0. The SMILES string of the molecule is CC/C=C\C/C=C\C/C=C\C/C=C\CCCCCCCCCCCCCCC(=O)OC(COCCC/C=C\C/C=C\C/C=C\C/C=C\CC)COC1OC(CO)C(O)C(OS(=O)(=O)O)C1O. The van der Waals surface area contributed by atoms with Crippen LogP contribution in [0.25, 0.3) is 0 Å². The Hall–Kier alpha value is -2.98. The summed E-state index contributed by atoms with van der Waals surface area (Å²) in [4.78, 5) is 12.9. The summed E-state index contributed by atoms with van der Waals surface area (Å²) in [6.07, 6.45) is 50.3. The fourth-order valence-corrected chi connectivity index (χ4v) is 7.53. The maximum atomic E-state index is 12.9. The van der Waals surface area contributed by atoms with E-state index in [0.717, 1.165) is 89.9 Å². The molecule has 0 radical (unpaired) electrons. The zero-order valence-corrected chi connectivity index (χ0v) is 41.3. The molecule has 0 aromatic carbocycles. The first-order valence-corrected chi connectivity index (χ1v) is 26.4. The number of carbonyl (C=O) groups excluding carboxylic acids is 1. The number of hydrogen-bond acceptors (Lipinski definition) is 11. The highest BCUT2D eigenvalue weighted by Gasteiger charge is 2.48. The van der Waals surface area contributed by atoms with Crippen LogP contribution in [-0.4, -0.2) is 97.5 Å². The number of allylic oxidation sites excluding steroid dienone is 16. The number of hydrogen-bond donors (Lipinski definition) is 4. The minimum absolute atomic E-state index is 0.00814. The second-order valence-electron chi connectivity index (χ2n) is 16.6. The number of aliphatic hydroxyl groups is 3. The van der Waals surface area contributed by atoms with E-state index in [2.05, 4.69) is 115 Å². The molecule has 13 heteroatoms. The molecular weight excluding hydrogens is 861 g/mol. The van der Waals surface area contributed by atoms with Crippen LogP contribution < -0.4 is 0 Å². The fourth-order valence-electron chi connectivity index (χ4n) is 7.02. The zero-order chi connectivity index (χ0) is 48.2. The lowest BCUT2D eigenvalue weighted by Crippen LogP contribution is -2.60. The minimum atomic E-state index is -5.08. The molecule has 1 rings (SSSR count). The third kappa shape index (κ3) is 36.1. The lowest BCUT2D eigenvalue weighted by Gasteiger charge is -2.41. The molecule has 12 nitrogen and oxygen atoms in total. The van der Waals surface area contributed by atoms with Crippen molar-refractivity contribution in [2.24, 2.45) is 0 Å². The highest BCUT2D eigenvalue weighted by molar-refractivity contribution is 7.80. The largest absolute Gasteiger partial charge is 0.457 e. The van der Waals surface area contributed by atoms with Crippen molar-refractivity contribution in [1.82, 2.24) is 0 Å². The van der Waals surface area contributed by atoms with Crippen molar-refractivity contribution in [2.75, 3.05) is 26.4 Å². The molecule has 0 saturated carbocycles. The highest BCUT2D eigenvalue weighted by atomic mass is 32.3. The normalized spacial score (nSPS) is 20.4. The Kier molecular flexibility index (Phi) is 40.1. The van der Waals surface area contributed by atoms with Gasteiger partial charge in [0.05, 0.1) is 19.8 Å². The summed E-state index contributed by atoms with van der Waals surface area (Å²) < 4.78 is 59.1. The Labute approximate surface area is 399 Å². The second kappa shape index (κ2) is 43.3. The smallest absolute Gasteiger partial charge is 0.397 e. The van der Waals surface area contributed by atoms with Gasteiger partial charge in [0.1, 0.15) is 30.5 Å². The molecule has 0 aromatic heterocycles.